The van der Waals surface area contributed by atoms with E-state index in [1.54, 1.807) is 6.07 Å². The Balaban J connectivity index is 2.03. The number of carbonyl (C=O) groups is 2. The Labute approximate surface area is 86.5 Å². The Morgan fingerprint density at radius 2 is 2.27 bits per heavy atom. The van der Waals surface area contributed by atoms with Crippen molar-refractivity contribution < 1.29 is 18.7 Å². The Kier molecular flexibility index (Phi) is 2.67. The number of hydrogen-bond acceptors (Lipinski definition) is 4. The molecule has 4 nitrogen and oxygen atoms in total. The molecule has 1 aliphatic carbocycles. The van der Waals surface area contributed by atoms with Crippen molar-refractivity contribution in [2.24, 2.45) is 0 Å². The SMILES string of the molecule is O=C1C=C(OC(=O)c2ccco2)CCC1. The van der Waals surface area contributed by atoms with Gasteiger partial charge in [0.1, 0.15) is 5.76 Å². The van der Waals surface area contributed by atoms with Crippen molar-refractivity contribution in [1.82, 2.24) is 0 Å². The number of hydrogen-bond donors (Lipinski definition) is 0. The molecule has 0 aliphatic heterocycles. The first-order valence-electron chi connectivity index (χ1n) is 4.75. The summed E-state index contributed by atoms with van der Waals surface area (Å²) in [5, 5.41) is 0. The summed E-state index contributed by atoms with van der Waals surface area (Å²) < 4.78 is 9.89. The molecule has 0 saturated carbocycles. The first-order valence-corrected chi connectivity index (χ1v) is 4.75. The lowest BCUT2D eigenvalue weighted by Crippen LogP contribution is -2.09. The van der Waals surface area contributed by atoms with Crippen LogP contribution in [-0.2, 0) is 9.53 Å². The van der Waals surface area contributed by atoms with E-state index >= 15 is 0 Å². The van der Waals surface area contributed by atoms with Crippen molar-refractivity contribution in [3.63, 3.8) is 0 Å². The van der Waals surface area contributed by atoms with Gasteiger partial charge in [-0.15, -0.1) is 0 Å². The molecule has 15 heavy (non-hydrogen) atoms. The van der Waals surface area contributed by atoms with Gasteiger partial charge in [-0.1, -0.05) is 0 Å². The zero-order valence-corrected chi connectivity index (χ0v) is 8.06. The number of ether oxygens (including phenoxy) is 1. The quantitative estimate of drug-likeness (QED) is 0.695. The molecule has 1 heterocycles. The molecule has 78 valence electrons. The van der Waals surface area contributed by atoms with Crippen LogP contribution >= 0.6 is 0 Å². The summed E-state index contributed by atoms with van der Waals surface area (Å²) in [7, 11) is 0. The lowest BCUT2D eigenvalue weighted by molar-refractivity contribution is -0.115. The number of furan rings is 1. The molecule has 1 aromatic heterocycles. The number of ketones is 1. The minimum Gasteiger partial charge on any atom is -0.457 e. The molecule has 0 bridgehead atoms. The van der Waals surface area contributed by atoms with Crippen LogP contribution in [0.15, 0.2) is 34.6 Å². The topological polar surface area (TPSA) is 56.5 Å². The highest BCUT2D eigenvalue weighted by molar-refractivity contribution is 5.92. The van der Waals surface area contributed by atoms with Crippen molar-refractivity contribution in [1.29, 1.82) is 0 Å². The fraction of sp³-hybridized carbons (Fsp3) is 0.273. The van der Waals surface area contributed by atoms with Gasteiger partial charge in [-0.2, -0.15) is 0 Å². The van der Waals surface area contributed by atoms with E-state index in [2.05, 4.69) is 0 Å². The van der Waals surface area contributed by atoms with Crippen molar-refractivity contribution in [3.05, 3.63) is 36.0 Å². The molecule has 1 aromatic rings. The van der Waals surface area contributed by atoms with Crippen LogP contribution < -0.4 is 0 Å². The molecule has 0 spiro atoms. The third-order valence-corrected chi connectivity index (χ3v) is 2.11. The van der Waals surface area contributed by atoms with E-state index in [0.29, 0.717) is 18.6 Å². The zero-order chi connectivity index (χ0) is 10.7. The minimum atomic E-state index is -0.555. The largest absolute Gasteiger partial charge is 0.457 e. The molecule has 2 rings (SSSR count). The van der Waals surface area contributed by atoms with Gasteiger partial charge in [0.25, 0.3) is 0 Å². The molecule has 0 atom stereocenters. The van der Waals surface area contributed by atoms with E-state index in [0.717, 1.165) is 6.42 Å². The molecule has 4 heteroatoms. The van der Waals surface area contributed by atoms with Gasteiger partial charge >= 0.3 is 5.97 Å². The third kappa shape index (κ3) is 2.34. The molecule has 0 saturated heterocycles. The summed E-state index contributed by atoms with van der Waals surface area (Å²) in [4.78, 5) is 22.5. The van der Waals surface area contributed by atoms with Crippen LogP contribution in [0.2, 0.25) is 0 Å². The second-order valence-electron chi connectivity index (χ2n) is 3.30. The monoisotopic (exact) mass is 206 g/mol. The molecule has 0 radical (unpaired) electrons. The lowest BCUT2D eigenvalue weighted by Gasteiger charge is -2.10. The van der Waals surface area contributed by atoms with Crippen LogP contribution in [0.4, 0.5) is 0 Å². The highest BCUT2D eigenvalue weighted by Crippen LogP contribution is 2.17. The first kappa shape index (κ1) is 9.71. The van der Waals surface area contributed by atoms with Gasteiger partial charge in [-0.25, -0.2) is 4.79 Å². The van der Waals surface area contributed by atoms with Crippen molar-refractivity contribution in [2.75, 3.05) is 0 Å². The Morgan fingerprint density at radius 1 is 1.40 bits per heavy atom. The van der Waals surface area contributed by atoms with E-state index in [4.69, 9.17) is 9.15 Å². The van der Waals surface area contributed by atoms with Crippen molar-refractivity contribution in [3.8, 4) is 0 Å². The molecule has 0 aromatic carbocycles. The molecule has 0 amide bonds. The van der Waals surface area contributed by atoms with Crippen molar-refractivity contribution >= 4 is 11.8 Å². The van der Waals surface area contributed by atoms with Crippen LogP contribution in [-0.4, -0.2) is 11.8 Å². The van der Waals surface area contributed by atoms with E-state index in [1.165, 1.54) is 18.4 Å². The van der Waals surface area contributed by atoms with Crippen LogP contribution in [0, 0.1) is 0 Å². The second kappa shape index (κ2) is 4.13. The molecule has 0 fully saturated rings. The zero-order valence-electron chi connectivity index (χ0n) is 8.06. The van der Waals surface area contributed by atoms with Crippen LogP contribution in [0.5, 0.6) is 0 Å². The molecule has 0 N–H and O–H groups in total. The maximum atomic E-state index is 11.4. The summed E-state index contributed by atoms with van der Waals surface area (Å²) in [5.41, 5.74) is 0. The van der Waals surface area contributed by atoms with Gasteiger partial charge in [-0.05, 0) is 18.6 Å². The van der Waals surface area contributed by atoms with Gasteiger partial charge in [0, 0.05) is 18.9 Å². The average Bonchev–Trinajstić information content (AvgIpc) is 2.70. The van der Waals surface area contributed by atoms with Gasteiger partial charge in [0.15, 0.2) is 5.78 Å². The fourth-order valence-corrected chi connectivity index (χ4v) is 1.41. The molecular formula is C11H10O4. The normalized spacial score (nSPS) is 16.0. The lowest BCUT2D eigenvalue weighted by atomic mass is 10.1. The number of esters is 1. The Morgan fingerprint density at radius 3 is 2.93 bits per heavy atom. The summed E-state index contributed by atoms with van der Waals surface area (Å²) in [6, 6.07) is 3.13. The molecule has 1 aliphatic rings. The summed E-state index contributed by atoms with van der Waals surface area (Å²) in [6.45, 7) is 0. The third-order valence-electron chi connectivity index (χ3n) is 2.11. The maximum Gasteiger partial charge on any atom is 0.379 e. The molecule has 0 unspecified atom stereocenters. The Bertz CT molecular complexity index is 400. The number of allylic oxidation sites excluding steroid dienone is 2. The Hall–Kier alpha value is -1.84. The summed E-state index contributed by atoms with van der Waals surface area (Å²) in [5.74, 6) is 0.0195. The van der Waals surface area contributed by atoms with Gasteiger partial charge < -0.3 is 9.15 Å². The van der Waals surface area contributed by atoms with E-state index in [9.17, 15) is 9.59 Å². The highest BCUT2D eigenvalue weighted by Gasteiger charge is 2.16. The number of carbonyl (C=O) groups excluding carboxylic acids is 2. The van der Waals surface area contributed by atoms with Gasteiger partial charge in [0.2, 0.25) is 5.76 Å². The smallest absolute Gasteiger partial charge is 0.379 e. The number of rotatable bonds is 2. The maximum absolute atomic E-state index is 11.4. The van der Waals surface area contributed by atoms with Gasteiger partial charge in [0.05, 0.1) is 6.26 Å². The summed E-state index contributed by atoms with van der Waals surface area (Å²) in [6.07, 6.45) is 4.66. The predicted octanol–water partition coefficient (Wildman–Crippen LogP) is 2.07. The average molecular weight is 206 g/mol. The van der Waals surface area contributed by atoms with E-state index in [1.807, 2.05) is 0 Å². The van der Waals surface area contributed by atoms with Crippen LogP contribution in [0.3, 0.4) is 0 Å². The van der Waals surface area contributed by atoms with Crippen LogP contribution in [0.1, 0.15) is 29.8 Å². The second-order valence-corrected chi connectivity index (χ2v) is 3.30. The molecular weight excluding hydrogens is 196 g/mol. The predicted molar refractivity (Wildman–Crippen MR) is 51.1 cm³/mol. The fourth-order valence-electron chi connectivity index (χ4n) is 1.41. The standard InChI is InChI=1S/C11H10O4/c12-8-3-1-4-9(7-8)15-11(13)10-5-2-6-14-10/h2,5-7H,1,3-4H2. The van der Waals surface area contributed by atoms with E-state index < -0.39 is 5.97 Å². The summed E-state index contributed by atoms with van der Waals surface area (Å²) >= 11 is 0. The van der Waals surface area contributed by atoms with Crippen molar-refractivity contribution in [2.45, 2.75) is 19.3 Å². The highest BCUT2D eigenvalue weighted by atomic mass is 16.5. The first-order chi connectivity index (χ1) is 7.25. The van der Waals surface area contributed by atoms with Crippen LogP contribution in [0.25, 0.3) is 0 Å². The minimum absolute atomic E-state index is 0.00324. The van der Waals surface area contributed by atoms with E-state index in [-0.39, 0.29) is 11.5 Å². The van der Waals surface area contributed by atoms with Gasteiger partial charge in [-0.3, -0.25) is 4.79 Å².